The number of pyridine rings is 1. The summed E-state index contributed by atoms with van der Waals surface area (Å²) in [4.78, 5) is 4.74. The zero-order valence-electron chi connectivity index (χ0n) is 13.3. The van der Waals surface area contributed by atoms with Gasteiger partial charge in [-0.3, -0.25) is 4.40 Å². The van der Waals surface area contributed by atoms with Crippen LogP contribution in [0.25, 0.3) is 16.9 Å². The van der Waals surface area contributed by atoms with Gasteiger partial charge in [-0.1, -0.05) is 18.2 Å². The van der Waals surface area contributed by atoms with E-state index in [1.54, 1.807) is 6.07 Å². The number of fused-ring (bicyclic) bond motifs is 1. The second-order valence-corrected chi connectivity index (χ2v) is 6.58. The summed E-state index contributed by atoms with van der Waals surface area (Å²) >= 11 is 0. The van der Waals surface area contributed by atoms with Crippen LogP contribution in [0.1, 0.15) is 26.3 Å². The predicted molar refractivity (Wildman–Crippen MR) is 88.7 cm³/mol. The predicted octanol–water partition coefficient (Wildman–Crippen LogP) is 4.66. The molecule has 22 heavy (non-hydrogen) atoms. The van der Waals surface area contributed by atoms with E-state index in [4.69, 9.17) is 4.98 Å². The van der Waals surface area contributed by atoms with E-state index in [9.17, 15) is 4.39 Å². The van der Waals surface area contributed by atoms with Gasteiger partial charge in [0.2, 0.25) is 0 Å². The first-order valence-corrected chi connectivity index (χ1v) is 7.37. The summed E-state index contributed by atoms with van der Waals surface area (Å²) in [6.07, 6.45) is 1.98. The summed E-state index contributed by atoms with van der Waals surface area (Å²) < 4.78 is 15.6. The van der Waals surface area contributed by atoms with Crippen molar-refractivity contribution in [1.82, 2.24) is 9.38 Å². The summed E-state index contributed by atoms with van der Waals surface area (Å²) in [6, 6.07) is 10.6. The molecular weight excluding hydrogens is 277 g/mol. The van der Waals surface area contributed by atoms with Gasteiger partial charge in [0.15, 0.2) is 0 Å². The zero-order chi connectivity index (χ0) is 15.9. The van der Waals surface area contributed by atoms with E-state index in [2.05, 4.69) is 26.1 Å². The Morgan fingerprint density at radius 3 is 2.59 bits per heavy atom. The average Bonchev–Trinajstić information content (AvgIpc) is 2.77. The Kier molecular flexibility index (Phi) is 3.39. The Bertz CT molecular complexity index is 828. The fourth-order valence-electron chi connectivity index (χ4n) is 2.52. The van der Waals surface area contributed by atoms with Crippen LogP contribution in [0.5, 0.6) is 0 Å². The van der Waals surface area contributed by atoms with E-state index in [-0.39, 0.29) is 11.4 Å². The number of aryl methyl sites for hydroxylation is 1. The first-order valence-electron chi connectivity index (χ1n) is 7.37. The van der Waals surface area contributed by atoms with E-state index in [1.165, 1.54) is 12.1 Å². The third kappa shape index (κ3) is 2.69. The first-order chi connectivity index (χ1) is 10.3. The number of hydrogen-bond acceptors (Lipinski definition) is 2. The Morgan fingerprint density at radius 2 is 1.91 bits per heavy atom. The molecule has 1 N–H and O–H groups in total. The van der Waals surface area contributed by atoms with E-state index in [1.807, 2.05) is 35.7 Å². The molecule has 4 heteroatoms. The van der Waals surface area contributed by atoms with Gasteiger partial charge in [-0.05, 0) is 51.5 Å². The molecule has 0 aliphatic carbocycles. The van der Waals surface area contributed by atoms with E-state index < -0.39 is 0 Å². The smallest absolute Gasteiger partial charge is 0.142 e. The quantitative estimate of drug-likeness (QED) is 0.745. The molecule has 0 aliphatic heterocycles. The fraction of sp³-hybridized carbons (Fsp3) is 0.278. The molecular formula is C18H20FN3. The van der Waals surface area contributed by atoms with Gasteiger partial charge in [0.05, 0.1) is 0 Å². The molecule has 3 rings (SSSR count). The van der Waals surface area contributed by atoms with E-state index in [0.29, 0.717) is 0 Å². The monoisotopic (exact) mass is 297 g/mol. The standard InChI is InChI=1S/C18H20FN3/c1-12-7-6-10-22-16(12)20-15(17(22)21-18(2,3)4)13-8-5-9-14(19)11-13/h5-11,21H,1-4H3. The Hall–Kier alpha value is -2.36. The number of imidazole rings is 1. The van der Waals surface area contributed by atoms with Gasteiger partial charge in [0, 0.05) is 17.3 Å². The van der Waals surface area contributed by atoms with Crippen molar-refractivity contribution in [3.8, 4) is 11.3 Å². The summed E-state index contributed by atoms with van der Waals surface area (Å²) in [7, 11) is 0. The highest BCUT2D eigenvalue weighted by Crippen LogP contribution is 2.31. The summed E-state index contributed by atoms with van der Waals surface area (Å²) in [6.45, 7) is 8.31. The van der Waals surface area contributed by atoms with Gasteiger partial charge in [-0.15, -0.1) is 0 Å². The van der Waals surface area contributed by atoms with Gasteiger partial charge in [0.1, 0.15) is 23.0 Å². The highest BCUT2D eigenvalue weighted by atomic mass is 19.1. The molecule has 1 aromatic carbocycles. The van der Waals surface area contributed by atoms with Gasteiger partial charge >= 0.3 is 0 Å². The molecule has 0 saturated carbocycles. The molecule has 0 aliphatic rings. The van der Waals surface area contributed by atoms with Crippen LogP contribution in [-0.2, 0) is 0 Å². The molecule has 0 unspecified atom stereocenters. The maximum Gasteiger partial charge on any atom is 0.142 e. The lowest BCUT2D eigenvalue weighted by atomic mass is 10.1. The molecule has 2 heterocycles. The van der Waals surface area contributed by atoms with Crippen molar-refractivity contribution in [2.75, 3.05) is 5.32 Å². The zero-order valence-corrected chi connectivity index (χ0v) is 13.3. The number of hydrogen-bond donors (Lipinski definition) is 1. The topological polar surface area (TPSA) is 29.3 Å². The van der Waals surface area contributed by atoms with Crippen molar-refractivity contribution in [2.45, 2.75) is 33.2 Å². The minimum atomic E-state index is -0.256. The molecule has 3 nitrogen and oxygen atoms in total. The van der Waals surface area contributed by atoms with Crippen LogP contribution in [0.15, 0.2) is 42.6 Å². The van der Waals surface area contributed by atoms with Gasteiger partial charge in [0.25, 0.3) is 0 Å². The van der Waals surface area contributed by atoms with Crippen molar-refractivity contribution < 1.29 is 4.39 Å². The number of halogens is 1. The molecule has 0 radical (unpaired) electrons. The van der Waals surface area contributed by atoms with Gasteiger partial charge in [-0.2, -0.15) is 0 Å². The van der Waals surface area contributed by atoms with Crippen LogP contribution >= 0.6 is 0 Å². The molecule has 0 spiro atoms. The number of aromatic nitrogens is 2. The van der Waals surface area contributed by atoms with Crippen LogP contribution in [-0.4, -0.2) is 14.9 Å². The molecule has 0 fully saturated rings. The first kappa shape index (κ1) is 14.6. The van der Waals surface area contributed by atoms with E-state index >= 15 is 0 Å². The van der Waals surface area contributed by atoms with Crippen molar-refractivity contribution in [3.05, 3.63) is 54.0 Å². The van der Waals surface area contributed by atoms with Crippen LogP contribution in [0.4, 0.5) is 10.2 Å². The lowest BCUT2D eigenvalue weighted by Crippen LogP contribution is -2.27. The van der Waals surface area contributed by atoms with Crippen LogP contribution in [0, 0.1) is 12.7 Å². The highest BCUT2D eigenvalue weighted by Gasteiger charge is 2.20. The average molecular weight is 297 g/mol. The van der Waals surface area contributed by atoms with E-state index in [0.717, 1.165) is 28.3 Å². The fourth-order valence-corrected chi connectivity index (χ4v) is 2.52. The summed E-state index contributed by atoms with van der Waals surface area (Å²) in [5.41, 5.74) is 3.39. The Balaban J connectivity index is 2.28. The highest BCUT2D eigenvalue weighted by molar-refractivity contribution is 5.77. The number of nitrogens with zero attached hydrogens (tertiary/aromatic N) is 2. The second kappa shape index (κ2) is 5.13. The molecule has 0 atom stereocenters. The third-order valence-corrected chi connectivity index (χ3v) is 3.44. The lowest BCUT2D eigenvalue weighted by molar-refractivity contribution is 0.627. The van der Waals surface area contributed by atoms with Crippen LogP contribution < -0.4 is 5.32 Å². The van der Waals surface area contributed by atoms with Gasteiger partial charge < -0.3 is 5.32 Å². The summed E-state index contributed by atoms with van der Waals surface area (Å²) in [5.74, 6) is 0.629. The van der Waals surface area contributed by atoms with Crippen molar-refractivity contribution in [3.63, 3.8) is 0 Å². The van der Waals surface area contributed by atoms with Crippen LogP contribution in [0.3, 0.4) is 0 Å². The van der Waals surface area contributed by atoms with Crippen LogP contribution in [0.2, 0.25) is 0 Å². The second-order valence-electron chi connectivity index (χ2n) is 6.58. The molecule has 0 amide bonds. The molecule has 0 bridgehead atoms. The largest absolute Gasteiger partial charge is 0.365 e. The number of benzene rings is 1. The normalized spacial score (nSPS) is 11.9. The van der Waals surface area contributed by atoms with Crippen molar-refractivity contribution in [1.29, 1.82) is 0 Å². The minimum absolute atomic E-state index is 0.123. The molecule has 114 valence electrons. The maximum absolute atomic E-state index is 13.6. The van der Waals surface area contributed by atoms with Crippen molar-refractivity contribution >= 4 is 11.5 Å². The summed E-state index contributed by atoms with van der Waals surface area (Å²) in [5, 5.41) is 3.50. The van der Waals surface area contributed by atoms with Gasteiger partial charge in [-0.25, -0.2) is 9.37 Å². The number of anilines is 1. The Labute approximate surface area is 129 Å². The third-order valence-electron chi connectivity index (χ3n) is 3.44. The maximum atomic E-state index is 13.6. The number of rotatable bonds is 2. The molecule has 2 aromatic heterocycles. The Morgan fingerprint density at radius 1 is 1.14 bits per heavy atom. The van der Waals surface area contributed by atoms with Crippen molar-refractivity contribution in [2.24, 2.45) is 0 Å². The number of nitrogens with one attached hydrogen (secondary N) is 1. The SMILES string of the molecule is Cc1cccn2c(NC(C)(C)C)c(-c3cccc(F)c3)nc12. The molecule has 0 saturated heterocycles. The molecule has 3 aromatic rings. The lowest BCUT2D eigenvalue weighted by Gasteiger charge is -2.22. The minimum Gasteiger partial charge on any atom is -0.365 e.